The molecule has 3 aromatic carbocycles. The molecule has 0 saturated heterocycles. The summed E-state index contributed by atoms with van der Waals surface area (Å²) in [6.45, 7) is 1.22. The summed E-state index contributed by atoms with van der Waals surface area (Å²) in [5.41, 5.74) is 4.00. The van der Waals surface area contributed by atoms with E-state index in [1.54, 1.807) is 0 Å². The van der Waals surface area contributed by atoms with Gasteiger partial charge in [-0.2, -0.15) is 0 Å². The lowest BCUT2D eigenvalue weighted by Crippen LogP contribution is -2.24. The second-order valence-electron chi connectivity index (χ2n) is 7.69. The molecule has 32 heavy (non-hydrogen) atoms. The molecule has 0 saturated carbocycles. The number of nitrogens with zero attached hydrogens (tertiary/aromatic N) is 2. The molecule has 0 aliphatic carbocycles. The van der Waals surface area contributed by atoms with Gasteiger partial charge in [0.1, 0.15) is 5.82 Å². The van der Waals surface area contributed by atoms with Crippen molar-refractivity contribution in [3.8, 4) is 11.5 Å². The molecule has 0 unspecified atom stereocenters. The number of para-hydroxylation sites is 2. The Hall–Kier alpha value is -3.51. The van der Waals surface area contributed by atoms with Gasteiger partial charge in [0.2, 0.25) is 12.7 Å². The average molecular weight is 448 g/mol. The first-order valence-corrected chi connectivity index (χ1v) is 10.9. The van der Waals surface area contributed by atoms with Gasteiger partial charge in [-0.1, -0.05) is 41.9 Å². The van der Waals surface area contributed by atoms with Gasteiger partial charge in [0.15, 0.2) is 11.5 Å². The highest BCUT2D eigenvalue weighted by Gasteiger charge is 2.15. The number of fused-ring (bicyclic) bond motifs is 2. The van der Waals surface area contributed by atoms with E-state index in [0.717, 1.165) is 33.7 Å². The normalized spacial score (nSPS) is 12.3. The molecule has 7 heteroatoms. The summed E-state index contributed by atoms with van der Waals surface area (Å²) >= 11 is 6.15. The second kappa shape index (κ2) is 8.93. The van der Waals surface area contributed by atoms with Crippen LogP contribution in [0.1, 0.15) is 23.4 Å². The van der Waals surface area contributed by atoms with Gasteiger partial charge in [0, 0.05) is 31.0 Å². The van der Waals surface area contributed by atoms with E-state index in [-0.39, 0.29) is 12.7 Å². The topological polar surface area (TPSA) is 65.4 Å². The fraction of sp³-hybridized carbons (Fsp3) is 0.200. The van der Waals surface area contributed by atoms with Gasteiger partial charge < -0.3 is 19.4 Å². The van der Waals surface area contributed by atoms with Crippen LogP contribution < -0.4 is 14.8 Å². The minimum Gasteiger partial charge on any atom is -0.454 e. The first-order chi connectivity index (χ1) is 15.7. The van der Waals surface area contributed by atoms with Crippen LogP contribution in [0, 0.1) is 0 Å². The number of imidazole rings is 1. The molecule has 0 fully saturated rings. The van der Waals surface area contributed by atoms with Crippen LogP contribution >= 0.6 is 11.6 Å². The zero-order valence-corrected chi connectivity index (χ0v) is 18.1. The fourth-order valence-corrected chi connectivity index (χ4v) is 4.11. The number of carbonyl (C=O) groups is 1. The summed E-state index contributed by atoms with van der Waals surface area (Å²) in [5.74, 6) is 2.35. The average Bonchev–Trinajstić information content (AvgIpc) is 3.40. The van der Waals surface area contributed by atoms with Gasteiger partial charge in [0.05, 0.1) is 11.0 Å². The number of amides is 1. The smallest absolute Gasteiger partial charge is 0.231 e. The van der Waals surface area contributed by atoms with Crippen molar-refractivity contribution in [3.63, 3.8) is 0 Å². The Kier molecular flexibility index (Phi) is 5.69. The monoisotopic (exact) mass is 447 g/mol. The highest BCUT2D eigenvalue weighted by atomic mass is 35.5. The summed E-state index contributed by atoms with van der Waals surface area (Å²) in [4.78, 5) is 17.4. The number of ether oxygens (including phenoxy) is 2. The largest absolute Gasteiger partial charge is 0.454 e. The number of aryl methyl sites for hydroxylation is 1. The number of rotatable bonds is 7. The quantitative estimate of drug-likeness (QED) is 0.445. The Balaban J connectivity index is 1.27. The molecule has 1 amide bonds. The zero-order chi connectivity index (χ0) is 21.9. The minimum absolute atomic E-state index is 0.0193. The molecular weight excluding hydrogens is 426 g/mol. The van der Waals surface area contributed by atoms with Gasteiger partial charge in [-0.25, -0.2) is 4.98 Å². The third-order valence-electron chi connectivity index (χ3n) is 5.47. The molecule has 0 atom stereocenters. The number of carbonyl (C=O) groups excluding carboxylic acids is 1. The van der Waals surface area contributed by atoms with E-state index in [0.29, 0.717) is 36.7 Å². The van der Waals surface area contributed by atoms with Crippen molar-refractivity contribution in [2.45, 2.75) is 25.9 Å². The van der Waals surface area contributed by atoms with E-state index in [1.165, 1.54) is 0 Å². The Morgan fingerprint density at radius 2 is 1.88 bits per heavy atom. The Morgan fingerprint density at radius 3 is 2.78 bits per heavy atom. The van der Waals surface area contributed by atoms with Crippen molar-refractivity contribution in [2.75, 3.05) is 6.79 Å². The second-order valence-corrected chi connectivity index (χ2v) is 8.13. The lowest BCUT2D eigenvalue weighted by atomic mass is 10.1. The standard InChI is InChI=1S/C25H22ClN3O3/c26-19-5-3-4-17(12-19)14-24-28-20-6-1-2-7-21(20)29(24)11-10-25(30)27-15-18-8-9-22-23(13-18)32-16-31-22/h1-9,12-13H,10-11,14-16H2,(H,27,30). The summed E-state index contributed by atoms with van der Waals surface area (Å²) < 4.78 is 12.8. The molecule has 6 nitrogen and oxygen atoms in total. The molecule has 1 aromatic heterocycles. The number of aromatic nitrogens is 2. The zero-order valence-electron chi connectivity index (χ0n) is 17.4. The van der Waals surface area contributed by atoms with Crippen molar-refractivity contribution in [1.82, 2.24) is 14.9 Å². The van der Waals surface area contributed by atoms with Crippen LogP contribution in [-0.4, -0.2) is 22.3 Å². The lowest BCUT2D eigenvalue weighted by molar-refractivity contribution is -0.121. The molecule has 1 N–H and O–H groups in total. The molecule has 5 rings (SSSR count). The predicted octanol–water partition coefficient (Wildman–Crippen LogP) is 4.72. The van der Waals surface area contributed by atoms with Crippen LogP contribution in [0.5, 0.6) is 11.5 Å². The van der Waals surface area contributed by atoms with Gasteiger partial charge in [-0.3, -0.25) is 4.79 Å². The van der Waals surface area contributed by atoms with Crippen LogP contribution in [0.3, 0.4) is 0 Å². The predicted molar refractivity (Wildman–Crippen MR) is 123 cm³/mol. The first kappa shape index (κ1) is 20.4. The Morgan fingerprint density at radius 1 is 1.00 bits per heavy atom. The van der Waals surface area contributed by atoms with E-state index >= 15 is 0 Å². The Bertz CT molecular complexity index is 1280. The summed E-state index contributed by atoms with van der Waals surface area (Å²) in [6, 6.07) is 21.5. The van der Waals surface area contributed by atoms with Gasteiger partial charge in [-0.15, -0.1) is 0 Å². The van der Waals surface area contributed by atoms with Crippen molar-refractivity contribution in [2.24, 2.45) is 0 Å². The maximum absolute atomic E-state index is 12.6. The SMILES string of the molecule is O=C(CCn1c(Cc2cccc(Cl)c2)nc2ccccc21)NCc1ccc2c(c1)OCO2. The third-order valence-corrected chi connectivity index (χ3v) is 5.71. The minimum atomic E-state index is -0.0193. The van der Waals surface area contributed by atoms with Crippen LogP contribution in [0.25, 0.3) is 11.0 Å². The van der Waals surface area contributed by atoms with Crippen molar-refractivity contribution < 1.29 is 14.3 Å². The summed E-state index contributed by atoms with van der Waals surface area (Å²) in [5, 5.41) is 3.69. The molecule has 162 valence electrons. The number of hydrogen-bond acceptors (Lipinski definition) is 4. The molecule has 2 heterocycles. The number of hydrogen-bond donors (Lipinski definition) is 1. The maximum atomic E-state index is 12.6. The van der Waals surface area contributed by atoms with E-state index in [9.17, 15) is 4.79 Å². The van der Waals surface area contributed by atoms with E-state index < -0.39 is 0 Å². The maximum Gasteiger partial charge on any atom is 0.231 e. The van der Waals surface area contributed by atoms with Crippen molar-refractivity contribution >= 4 is 28.5 Å². The lowest BCUT2D eigenvalue weighted by Gasteiger charge is -2.11. The molecule has 1 aliphatic heterocycles. The van der Waals surface area contributed by atoms with Crippen LogP contribution in [0.4, 0.5) is 0 Å². The van der Waals surface area contributed by atoms with Gasteiger partial charge >= 0.3 is 0 Å². The number of benzene rings is 3. The van der Waals surface area contributed by atoms with Gasteiger partial charge in [-0.05, 0) is 47.5 Å². The fourth-order valence-electron chi connectivity index (χ4n) is 3.89. The summed E-state index contributed by atoms with van der Waals surface area (Å²) in [6.07, 6.45) is 1.00. The molecule has 0 spiro atoms. The van der Waals surface area contributed by atoms with E-state index in [1.807, 2.05) is 66.7 Å². The van der Waals surface area contributed by atoms with E-state index in [4.69, 9.17) is 26.1 Å². The molecule has 1 aliphatic rings. The van der Waals surface area contributed by atoms with Crippen LogP contribution in [-0.2, 0) is 24.3 Å². The number of nitrogens with one attached hydrogen (secondary N) is 1. The molecule has 0 radical (unpaired) electrons. The molecule has 0 bridgehead atoms. The van der Waals surface area contributed by atoms with Crippen LogP contribution in [0.2, 0.25) is 5.02 Å². The van der Waals surface area contributed by atoms with Gasteiger partial charge in [0.25, 0.3) is 0 Å². The highest BCUT2D eigenvalue weighted by Crippen LogP contribution is 2.32. The Labute approximate surface area is 190 Å². The number of halogens is 1. The molecule has 4 aromatic rings. The summed E-state index contributed by atoms with van der Waals surface area (Å²) in [7, 11) is 0. The van der Waals surface area contributed by atoms with Crippen molar-refractivity contribution in [1.29, 1.82) is 0 Å². The van der Waals surface area contributed by atoms with Crippen molar-refractivity contribution in [3.05, 3.63) is 88.7 Å². The highest BCUT2D eigenvalue weighted by molar-refractivity contribution is 6.30. The van der Waals surface area contributed by atoms with Crippen LogP contribution in [0.15, 0.2) is 66.7 Å². The third kappa shape index (κ3) is 4.41. The molecular formula is C25H22ClN3O3. The first-order valence-electron chi connectivity index (χ1n) is 10.5. The van der Waals surface area contributed by atoms with E-state index in [2.05, 4.69) is 9.88 Å².